The summed E-state index contributed by atoms with van der Waals surface area (Å²) in [5.74, 6) is -0.430. The lowest BCUT2D eigenvalue weighted by Gasteiger charge is -2.23. The fourth-order valence-corrected chi connectivity index (χ4v) is 2.71. The molecule has 0 saturated carbocycles. The second-order valence-electron chi connectivity index (χ2n) is 5.24. The molecule has 4 nitrogen and oxygen atoms in total. The van der Waals surface area contributed by atoms with E-state index in [0.29, 0.717) is 17.5 Å². The predicted molar refractivity (Wildman–Crippen MR) is 72.3 cm³/mol. The molecule has 0 spiro atoms. The van der Waals surface area contributed by atoms with Gasteiger partial charge >= 0.3 is 5.97 Å². The molecule has 102 valence electrons. The van der Waals surface area contributed by atoms with Crippen LogP contribution < -0.4 is 0 Å². The van der Waals surface area contributed by atoms with Crippen molar-refractivity contribution < 1.29 is 14.7 Å². The highest BCUT2D eigenvalue weighted by molar-refractivity contribution is 5.96. The summed E-state index contributed by atoms with van der Waals surface area (Å²) in [7, 11) is 0. The summed E-state index contributed by atoms with van der Waals surface area (Å²) in [6.07, 6.45) is 2.01. The average molecular weight is 261 g/mol. The lowest BCUT2D eigenvalue weighted by atomic mass is 10.1. The normalized spacial score (nSPS) is 22.5. The van der Waals surface area contributed by atoms with E-state index >= 15 is 0 Å². The predicted octanol–water partition coefficient (Wildman–Crippen LogP) is 2.65. The molecule has 19 heavy (non-hydrogen) atoms. The zero-order chi connectivity index (χ0) is 14.0. The number of likely N-dealkylation sites (tertiary alicyclic amines) is 1. The second kappa shape index (κ2) is 5.43. The summed E-state index contributed by atoms with van der Waals surface area (Å²) in [5, 5.41) is 8.85. The Kier molecular flexibility index (Phi) is 3.88. The number of carbonyl (C=O) groups is 2. The molecule has 0 bridgehead atoms. The molecule has 2 unspecified atom stereocenters. The second-order valence-corrected chi connectivity index (χ2v) is 5.24. The highest BCUT2D eigenvalue weighted by Crippen LogP contribution is 2.26. The van der Waals surface area contributed by atoms with E-state index < -0.39 is 5.97 Å². The first kappa shape index (κ1) is 13.6. The monoisotopic (exact) mass is 261 g/mol. The van der Waals surface area contributed by atoms with Gasteiger partial charge in [0.25, 0.3) is 5.91 Å². The summed E-state index contributed by atoms with van der Waals surface area (Å²) >= 11 is 0. The first-order valence-electron chi connectivity index (χ1n) is 6.67. The molecule has 1 N–H and O–H groups in total. The van der Waals surface area contributed by atoms with Gasteiger partial charge in [-0.05, 0) is 43.0 Å². The maximum Gasteiger partial charge on any atom is 0.335 e. The van der Waals surface area contributed by atoms with Gasteiger partial charge in [0.05, 0.1) is 5.56 Å². The Bertz CT molecular complexity index is 481. The fraction of sp³-hybridized carbons (Fsp3) is 0.467. The van der Waals surface area contributed by atoms with Gasteiger partial charge in [-0.15, -0.1) is 0 Å². The SMILES string of the molecule is CCC1CC(C)CN1C(=O)c1ccc(C(=O)O)cc1. The van der Waals surface area contributed by atoms with Crippen molar-refractivity contribution in [3.63, 3.8) is 0 Å². The van der Waals surface area contributed by atoms with Crippen molar-refractivity contribution in [3.05, 3.63) is 35.4 Å². The molecule has 0 aliphatic carbocycles. The van der Waals surface area contributed by atoms with Crippen molar-refractivity contribution in [3.8, 4) is 0 Å². The van der Waals surface area contributed by atoms with Crippen LogP contribution in [0, 0.1) is 5.92 Å². The minimum Gasteiger partial charge on any atom is -0.478 e. The highest BCUT2D eigenvalue weighted by atomic mass is 16.4. The van der Waals surface area contributed by atoms with E-state index in [-0.39, 0.29) is 11.5 Å². The van der Waals surface area contributed by atoms with E-state index in [1.165, 1.54) is 12.1 Å². The van der Waals surface area contributed by atoms with E-state index in [4.69, 9.17) is 5.11 Å². The van der Waals surface area contributed by atoms with Crippen molar-refractivity contribution in [2.24, 2.45) is 5.92 Å². The minimum atomic E-state index is -0.972. The molecule has 1 saturated heterocycles. The van der Waals surface area contributed by atoms with Gasteiger partial charge in [0, 0.05) is 18.2 Å². The standard InChI is InChI=1S/C15H19NO3/c1-3-13-8-10(2)9-16(13)14(17)11-4-6-12(7-5-11)15(18)19/h4-7,10,13H,3,8-9H2,1-2H3,(H,18,19). The number of rotatable bonds is 3. The zero-order valence-electron chi connectivity index (χ0n) is 11.3. The number of carbonyl (C=O) groups excluding carboxylic acids is 1. The van der Waals surface area contributed by atoms with Crippen molar-refractivity contribution >= 4 is 11.9 Å². The Morgan fingerprint density at radius 2 is 1.84 bits per heavy atom. The van der Waals surface area contributed by atoms with Crippen LogP contribution in [0.25, 0.3) is 0 Å². The molecular weight excluding hydrogens is 242 g/mol. The summed E-state index contributed by atoms with van der Waals surface area (Å²) in [4.78, 5) is 25.1. The Labute approximate surface area is 113 Å². The van der Waals surface area contributed by atoms with Crippen LogP contribution in [-0.4, -0.2) is 34.5 Å². The third kappa shape index (κ3) is 2.78. The van der Waals surface area contributed by atoms with Crippen LogP contribution >= 0.6 is 0 Å². The zero-order valence-corrected chi connectivity index (χ0v) is 11.3. The number of hydrogen-bond acceptors (Lipinski definition) is 2. The summed E-state index contributed by atoms with van der Waals surface area (Å²) in [6.45, 7) is 5.04. The molecule has 0 radical (unpaired) electrons. The number of carboxylic acid groups (broad SMARTS) is 1. The fourth-order valence-electron chi connectivity index (χ4n) is 2.71. The molecular formula is C15H19NO3. The molecule has 2 rings (SSSR count). The Balaban J connectivity index is 2.17. The van der Waals surface area contributed by atoms with Gasteiger partial charge in [0.15, 0.2) is 0 Å². The molecule has 1 aromatic rings. The third-order valence-electron chi connectivity index (χ3n) is 3.73. The van der Waals surface area contributed by atoms with Crippen molar-refractivity contribution in [2.45, 2.75) is 32.7 Å². The molecule has 1 fully saturated rings. The minimum absolute atomic E-state index is 0.00754. The molecule has 0 aromatic heterocycles. The number of benzene rings is 1. The number of nitrogens with zero attached hydrogens (tertiary/aromatic N) is 1. The Morgan fingerprint density at radius 1 is 1.26 bits per heavy atom. The Hall–Kier alpha value is -1.84. The summed E-state index contributed by atoms with van der Waals surface area (Å²) in [6, 6.07) is 6.47. The van der Waals surface area contributed by atoms with Crippen molar-refractivity contribution in [2.75, 3.05) is 6.54 Å². The molecule has 1 aliphatic rings. The van der Waals surface area contributed by atoms with E-state index in [2.05, 4.69) is 13.8 Å². The van der Waals surface area contributed by atoms with E-state index in [0.717, 1.165) is 19.4 Å². The van der Waals surface area contributed by atoms with E-state index in [1.807, 2.05) is 4.90 Å². The first-order valence-corrected chi connectivity index (χ1v) is 6.67. The molecule has 1 aliphatic heterocycles. The topological polar surface area (TPSA) is 57.6 Å². The van der Waals surface area contributed by atoms with Crippen LogP contribution in [0.5, 0.6) is 0 Å². The molecule has 1 heterocycles. The van der Waals surface area contributed by atoms with Crippen molar-refractivity contribution in [1.82, 2.24) is 4.90 Å². The van der Waals surface area contributed by atoms with Crippen molar-refractivity contribution in [1.29, 1.82) is 0 Å². The van der Waals surface area contributed by atoms with Gasteiger partial charge in [-0.25, -0.2) is 4.79 Å². The quantitative estimate of drug-likeness (QED) is 0.910. The van der Waals surface area contributed by atoms with Crippen LogP contribution in [0.15, 0.2) is 24.3 Å². The Morgan fingerprint density at radius 3 is 2.37 bits per heavy atom. The van der Waals surface area contributed by atoms with E-state index in [1.54, 1.807) is 12.1 Å². The third-order valence-corrected chi connectivity index (χ3v) is 3.73. The molecule has 1 aromatic carbocycles. The van der Waals surface area contributed by atoms with Gasteiger partial charge < -0.3 is 10.0 Å². The van der Waals surface area contributed by atoms with Crippen LogP contribution in [0.1, 0.15) is 47.4 Å². The largest absolute Gasteiger partial charge is 0.478 e. The van der Waals surface area contributed by atoms with E-state index in [9.17, 15) is 9.59 Å². The van der Waals surface area contributed by atoms with Crippen LogP contribution in [0.3, 0.4) is 0 Å². The maximum atomic E-state index is 12.4. The summed E-state index contributed by atoms with van der Waals surface area (Å²) in [5.41, 5.74) is 0.774. The number of aromatic carboxylic acids is 1. The average Bonchev–Trinajstić information content (AvgIpc) is 2.79. The van der Waals surface area contributed by atoms with Crippen LogP contribution in [-0.2, 0) is 0 Å². The number of carboxylic acids is 1. The smallest absolute Gasteiger partial charge is 0.335 e. The van der Waals surface area contributed by atoms with Gasteiger partial charge in [0.2, 0.25) is 0 Å². The van der Waals surface area contributed by atoms with Gasteiger partial charge in [-0.3, -0.25) is 4.79 Å². The van der Waals surface area contributed by atoms with Gasteiger partial charge in [-0.2, -0.15) is 0 Å². The van der Waals surface area contributed by atoms with Crippen LogP contribution in [0.2, 0.25) is 0 Å². The van der Waals surface area contributed by atoms with Gasteiger partial charge in [0.1, 0.15) is 0 Å². The summed E-state index contributed by atoms with van der Waals surface area (Å²) < 4.78 is 0. The highest BCUT2D eigenvalue weighted by Gasteiger charge is 2.32. The lowest BCUT2D eigenvalue weighted by Crippen LogP contribution is -2.35. The molecule has 2 atom stereocenters. The molecule has 1 amide bonds. The maximum absolute atomic E-state index is 12.4. The first-order chi connectivity index (χ1) is 9.02. The number of amides is 1. The van der Waals surface area contributed by atoms with Crippen LogP contribution in [0.4, 0.5) is 0 Å². The molecule has 4 heteroatoms. The number of hydrogen-bond donors (Lipinski definition) is 1. The van der Waals surface area contributed by atoms with Gasteiger partial charge in [-0.1, -0.05) is 13.8 Å². The lowest BCUT2D eigenvalue weighted by molar-refractivity contribution is 0.0692.